The van der Waals surface area contributed by atoms with Gasteiger partial charge in [0, 0.05) is 24.0 Å². The van der Waals surface area contributed by atoms with Crippen molar-refractivity contribution in [3.05, 3.63) is 54.1 Å². The van der Waals surface area contributed by atoms with Gasteiger partial charge in [0.15, 0.2) is 11.5 Å². The van der Waals surface area contributed by atoms with E-state index in [1.165, 1.54) is 0 Å². The molecule has 0 aliphatic carbocycles. The molecule has 2 heterocycles. The van der Waals surface area contributed by atoms with Crippen LogP contribution < -0.4 is 14.8 Å². The molecule has 0 spiro atoms. The number of pyridine rings is 1. The molecule has 1 aromatic heterocycles. The molecule has 31 heavy (non-hydrogen) atoms. The molecular formula is C24H25N3O4. The van der Waals surface area contributed by atoms with Crippen molar-refractivity contribution in [1.82, 2.24) is 15.2 Å². The summed E-state index contributed by atoms with van der Waals surface area (Å²) in [6, 6.07) is 14.9. The van der Waals surface area contributed by atoms with E-state index in [-0.39, 0.29) is 18.4 Å². The maximum Gasteiger partial charge on any atom is 0.252 e. The minimum absolute atomic E-state index is 0.0451. The van der Waals surface area contributed by atoms with Gasteiger partial charge in [-0.15, -0.1) is 0 Å². The lowest BCUT2D eigenvalue weighted by Crippen LogP contribution is -2.40. The summed E-state index contributed by atoms with van der Waals surface area (Å²) < 4.78 is 11.3. The molecule has 1 aliphatic heterocycles. The predicted molar refractivity (Wildman–Crippen MR) is 118 cm³/mol. The maximum atomic E-state index is 13.0. The number of carbonyl (C=O) groups excluding carboxylic acids is 2. The Morgan fingerprint density at radius 3 is 2.52 bits per heavy atom. The molecule has 1 N–H and O–H groups in total. The van der Waals surface area contributed by atoms with Crippen molar-refractivity contribution in [3.8, 4) is 22.8 Å². The van der Waals surface area contributed by atoms with Crippen LogP contribution in [0.4, 0.5) is 0 Å². The number of hydrogen-bond acceptors (Lipinski definition) is 5. The Hall–Kier alpha value is -3.61. The highest BCUT2D eigenvalue weighted by atomic mass is 16.6. The molecule has 2 amide bonds. The van der Waals surface area contributed by atoms with E-state index in [1.807, 2.05) is 56.3 Å². The average molecular weight is 419 g/mol. The van der Waals surface area contributed by atoms with Crippen molar-refractivity contribution >= 4 is 22.7 Å². The van der Waals surface area contributed by atoms with Gasteiger partial charge in [-0.05, 0) is 44.2 Å². The molecule has 160 valence electrons. The van der Waals surface area contributed by atoms with E-state index in [2.05, 4.69) is 5.32 Å². The number of rotatable bonds is 6. The van der Waals surface area contributed by atoms with Crippen molar-refractivity contribution in [2.24, 2.45) is 0 Å². The smallest absolute Gasteiger partial charge is 0.252 e. The molecule has 7 nitrogen and oxygen atoms in total. The summed E-state index contributed by atoms with van der Waals surface area (Å²) in [5.41, 5.74) is 2.65. The van der Waals surface area contributed by atoms with Crippen molar-refractivity contribution < 1.29 is 19.1 Å². The number of nitrogens with zero attached hydrogens (tertiary/aromatic N) is 2. The number of ether oxygens (including phenoxy) is 2. The number of likely N-dealkylation sites (N-methyl/N-ethyl adjacent to an activating group) is 1. The number of amides is 2. The minimum Gasteiger partial charge on any atom is -0.486 e. The van der Waals surface area contributed by atoms with Gasteiger partial charge in [-0.2, -0.15) is 0 Å². The van der Waals surface area contributed by atoms with Crippen LogP contribution in [0.25, 0.3) is 22.2 Å². The van der Waals surface area contributed by atoms with Gasteiger partial charge < -0.3 is 19.7 Å². The molecule has 3 aromatic rings. The first kappa shape index (κ1) is 20.7. The normalized spacial score (nSPS) is 12.5. The molecule has 2 aromatic carbocycles. The summed E-state index contributed by atoms with van der Waals surface area (Å²) in [6.45, 7) is 6.02. The second-order valence-corrected chi connectivity index (χ2v) is 7.18. The molecule has 7 heteroatoms. The third-order valence-electron chi connectivity index (χ3n) is 5.32. The number of aromatic nitrogens is 1. The highest BCUT2D eigenvalue weighted by Crippen LogP contribution is 2.35. The van der Waals surface area contributed by atoms with Crippen LogP contribution in [0.5, 0.6) is 11.5 Å². The molecule has 0 radical (unpaired) electrons. The summed E-state index contributed by atoms with van der Waals surface area (Å²) >= 11 is 0. The molecular weight excluding hydrogens is 394 g/mol. The third kappa shape index (κ3) is 4.30. The van der Waals surface area contributed by atoms with E-state index in [9.17, 15) is 9.59 Å². The van der Waals surface area contributed by atoms with E-state index in [4.69, 9.17) is 14.5 Å². The monoisotopic (exact) mass is 419 g/mol. The number of hydrogen-bond donors (Lipinski definition) is 1. The van der Waals surface area contributed by atoms with E-state index < -0.39 is 0 Å². The molecule has 4 rings (SSSR count). The van der Waals surface area contributed by atoms with Crippen LogP contribution in [0.15, 0.2) is 48.5 Å². The maximum absolute atomic E-state index is 13.0. The molecule has 0 saturated carbocycles. The zero-order chi connectivity index (χ0) is 21.8. The Labute approximate surface area is 181 Å². The SMILES string of the molecule is CCN(CC)C(=O)CNC(=O)c1cc(-c2ccc3c(c2)OCCO3)nc2ccccc12. The Kier molecular flexibility index (Phi) is 6.02. The number of nitrogens with one attached hydrogen (secondary N) is 1. The van der Waals surface area contributed by atoms with Crippen molar-refractivity contribution in [1.29, 1.82) is 0 Å². The van der Waals surface area contributed by atoms with Gasteiger partial charge >= 0.3 is 0 Å². The average Bonchev–Trinajstić information content (AvgIpc) is 2.82. The Bertz CT molecular complexity index is 1130. The zero-order valence-electron chi connectivity index (χ0n) is 17.7. The van der Waals surface area contributed by atoms with Gasteiger partial charge in [-0.25, -0.2) is 4.98 Å². The van der Waals surface area contributed by atoms with Gasteiger partial charge in [0.2, 0.25) is 5.91 Å². The first-order chi connectivity index (χ1) is 15.1. The van der Waals surface area contributed by atoms with Gasteiger partial charge in [0.1, 0.15) is 13.2 Å². The van der Waals surface area contributed by atoms with E-state index in [0.29, 0.717) is 54.6 Å². The number of para-hydroxylation sites is 1. The lowest BCUT2D eigenvalue weighted by molar-refractivity contribution is -0.129. The lowest BCUT2D eigenvalue weighted by atomic mass is 10.0. The second-order valence-electron chi connectivity index (χ2n) is 7.18. The fraction of sp³-hybridized carbons (Fsp3) is 0.292. The first-order valence-electron chi connectivity index (χ1n) is 10.5. The highest BCUT2D eigenvalue weighted by Gasteiger charge is 2.18. The van der Waals surface area contributed by atoms with Crippen LogP contribution in [0.2, 0.25) is 0 Å². The molecule has 0 saturated heterocycles. The fourth-order valence-electron chi connectivity index (χ4n) is 3.65. The van der Waals surface area contributed by atoms with E-state index >= 15 is 0 Å². The first-order valence-corrected chi connectivity index (χ1v) is 10.5. The Morgan fingerprint density at radius 2 is 1.74 bits per heavy atom. The summed E-state index contributed by atoms with van der Waals surface area (Å²) in [4.78, 5) is 31.7. The topological polar surface area (TPSA) is 80.8 Å². The van der Waals surface area contributed by atoms with Gasteiger partial charge in [-0.3, -0.25) is 9.59 Å². The van der Waals surface area contributed by atoms with Crippen molar-refractivity contribution in [2.75, 3.05) is 32.8 Å². The molecule has 0 unspecified atom stereocenters. The second kappa shape index (κ2) is 9.04. The molecule has 0 atom stereocenters. The van der Waals surface area contributed by atoms with E-state index in [0.717, 1.165) is 10.9 Å². The summed E-state index contributed by atoms with van der Waals surface area (Å²) in [6.07, 6.45) is 0. The molecule has 0 bridgehead atoms. The molecule has 0 fully saturated rings. The van der Waals surface area contributed by atoms with Crippen LogP contribution in [0.1, 0.15) is 24.2 Å². The van der Waals surface area contributed by atoms with E-state index in [1.54, 1.807) is 11.0 Å². The molecule has 1 aliphatic rings. The quantitative estimate of drug-likeness (QED) is 0.663. The fourth-order valence-corrected chi connectivity index (χ4v) is 3.65. The number of benzene rings is 2. The Balaban J connectivity index is 1.67. The predicted octanol–water partition coefficient (Wildman–Crippen LogP) is 3.27. The van der Waals surface area contributed by atoms with Crippen LogP contribution in [-0.2, 0) is 4.79 Å². The minimum atomic E-state index is -0.308. The van der Waals surface area contributed by atoms with Gasteiger partial charge in [0.25, 0.3) is 5.91 Å². The largest absolute Gasteiger partial charge is 0.486 e. The highest BCUT2D eigenvalue weighted by molar-refractivity contribution is 6.08. The zero-order valence-corrected chi connectivity index (χ0v) is 17.7. The van der Waals surface area contributed by atoms with Crippen LogP contribution >= 0.6 is 0 Å². The number of fused-ring (bicyclic) bond motifs is 2. The van der Waals surface area contributed by atoms with Crippen LogP contribution in [-0.4, -0.2) is 54.5 Å². The summed E-state index contributed by atoms with van der Waals surface area (Å²) in [5.74, 6) is 0.944. The van der Waals surface area contributed by atoms with Gasteiger partial charge in [0.05, 0.1) is 23.3 Å². The van der Waals surface area contributed by atoms with Gasteiger partial charge in [-0.1, -0.05) is 18.2 Å². The summed E-state index contributed by atoms with van der Waals surface area (Å²) in [7, 11) is 0. The van der Waals surface area contributed by atoms with Crippen molar-refractivity contribution in [2.45, 2.75) is 13.8 Å². The van der Waals surface area contributed by atoms with Crippen LogP contribution in [0.3, 0.4) is 0 Å². The summed E-state index contributed by atoms with van der Waals surface area (Å²) in [5, 5.41) is 3.50. The third-order valence-corrected chi connectivity index (χ3v) is 5.32. The number of carbonyl (C=O) groups is 2. The standard InChI is InChI=1S/C24H25N3O4/c1-3-27(4-2)23(28)15-25-24(29)18-14-20(26-19-8-6-5-7-17(18)19)16-9-10-21-22(13-16)31-12-11-30-21/h5-10,13-14H,3-4,11-12,15H2,1-2H3,(H,25,29). The Morgan fingerprint density at radius 1 is 1.00 bits per heavy atom. The van der Waals surface area contributed by atoms with Crippen LogP contribution in [0, 0.1) is 0 Å². The lowest BCUT2D eigenvalue weighted by Gasteiger charge is -2.19. The van der Waals surface area contributed by atoms with Crippen molar-refractivity contribution in [3.63, 3.8) is 0 Å².